The van der Waals surface area contributed by atoms with Gasteiger partial charge in [-0.15, -0.1) is 0 Å². The van der Waals surface area contributed by atoms with Crippen LogP contribution < -0.4 is 4.65 Å². The molecule has 0 aromatic heterocycles. The topological polar surface area (TPSA) is 9.23 Å². The number of rotatable bonds is 2. The summed E-state index contributed by atoms with van der Waals surface area (Å²) in [7, 11) is 0. The van der Waals surface area contributed by atoms with E-state index in [0.29, 0.717) is 6.92 Å². The summed E-state index contributed by atoms with van der Waals surface area (Å²) in [4.78, 5) is 0. The fraction of sp³-hybridized carbons (Fsp3) is 0.538. The first-order chi connectivity index (χ1) is 6.85. The zero-order chi connectivity index (χ0) is 11.3. The predicted molar refractivity (Wildman–Crippen MR) is 65.6 cm³/mol. The highest BCUT2D eigenvalue weighted by molar-refractivity contribution is 6.73. The van der Waals surface area contributed by atoms with E-state index in [9.17, 15) is 0 Å². The predicted octanol–water partition coefficient (Wildman–Crippen LogP) is 3.94. The Labute approximate surface area is 93.0 Å². The van der Waals surface area contributed by atoms with Gasteiger partial charge < -0.3 is 4.65 Å². The molecule has 2 rings (SSSR count). The lowest BCUT2D eigenvalue weighted by molar-refractivity contribution is 0.579. The molecule has 0 radical (unpaired) electrons. The van der Waals surface area contributed by atoms with Crippen molar-refractivity contribution in [2.75, 3.05) is 0 Å². The molecule has 0 saturated carbocycles. The molecular formula is C13H19BO. The average Bonchev–Trinajstić information content (AvgIpc) is 2.52. The Kier molecular flexibility index (Phi) is 2.15. The summed E-state index contributed by atoms with van der Waals surface area (Å²) in [6.07, 6.45) is 0. The molecule has 1 aliphatic rings. The van der Waals surface area contributed by atoms with Gasteiger partial charge in [0.1, 0.15) is 0 Å². The van der Waals surface area contributed by atoms with E-state index in [2.05, 4.69) is 58.9 Å². The van der Waals surface area contributed by atoms with Crippen molar-refractivity contribution in [1.82, 2.24) is 0 Å². The third-order valence-corrected chi connectivity index (χ3v) is 4.16. The fourth-order valence-electron chi connectivity index (χ4n) is 2.18. The van der Waals surface area contributed by atoms with Crippen LogP contribution in [0.5, 0.6) is 5.75 Å². The van der Waals surface area contributed by atoms with E-state index < -0.39 is 0 Å². The van der Waals surface area contributed by atoms with E-state index in [4.69, 9.17) is 4.65 Å². The van der Waals surface area contributed by atoms with Gasteiger partial charge in [0.25, 0.3) is 0 Å². The molecule has 0 bridgehead atoms. The van der Waals surface area contributed by atoms with Crippen LogP contribution in [0.2, 0.25) is 10.6 Å². The van der Waals surface area contributed by atoms with Crippen molar-refractivity contribution in [2.24, 2.45) is 0 Å². The molecule has 0 aliphatic carbocycles. The maximum Gasteiger partial charge on any atom is 0.369 e. The minimum atomic E-state index is 0.290. The summed E-state index contributed by atoms with van der Waals surface area (Å²) in [6, 6.07) is 8.30. The lowest BCUT2D eigenvalue weighted by Gasteiger charge is -2.06. The monoisotopic (exact) mass is 202 g/mol. The summed E-state index contributed by atoms with van der Waals surface area (Å²) in [5.41, 5.74) is 1.27. The minimum absolute atomic E-state index is 0.290. The number of hydrogen-bond acceptors (Lipinski definition) is 1. The van der Waals surface area contributed by atoms with Crippen LogP contribution in [-0.2, 0) is 0 Å². The molecule has 1 heterocycles. The second-order valence-electron chi connectivity index (χ2n) is 5.75. The molecule has 0 amide bonds. The second-order valence-corrected chi connectivity index (χ2v) is 5.75. The van der Waals surface area contributed by atoms with Crippen LogP contribution in [0.4, 0.5) is 0 Å². The first-order valence-corrected chi connectivity index (χ1v) is 5.59. The van der Waals surface area contributed by atoms with Crippen molar-refractivity contribution in [3.8, 4) is 5.75 Å². The van der Waals surface area contributed by atoms with Crippen molar-refractivity contribution >= 4 is 6.92 Å². The zero-order valence-electron chi connectivity index (χ0n) is 10.3. The summed E-state index contributed by atoms with van der Waals surface area (Å²) in [5.74, 6) is 0.990. The van der Waals surface area contributed by atoms with Crippen LogP contribution in [0.3, 0.4) is 0 Å². The van der Waals surface area contributed by atoms with Crippen LogP contribution in [0.25, 0.3) is 0 Å². The molecule has 1 aliphatic heterocycles. The Hall–Kier alpha value is -0.915. The first-order valence-electron chi connectivity index (χ1n) is 5.59. The van der Waals surface area contributed by atoms with Gasteiger partial charge in [0, 0.05) is 0 Å². The highest BCUT2D eigenvalue weighted by Gasteiger charge is 2.72. The Morgan fingerprint density at radius 2 is 1.40 bits per heavy atom. The van der Waals surface area contributed by atoms with Gasteiger partial charge in [0.15, 0.2) is 0 Å². The maximum absolute atomic E-state index is 6.01. The molecule has 2 heteroatoms. The van der Waals surface area contributed by atoms with Gasteiger partial charge in [0.2, 0.25) is 0 Å². The highest BCUT2D eigenvalue weighted by Crippen LogP contribution is 2.73. The molecule has 1 fully saturated rings. The molecule has 0 atom stereocenters. The standard InChI is InChI=1S/C13H19BO/c1-10-6-8-11(9-7-10)15-14-12(2,3)13(14,4)5/h6-9H,1-5H3. The van der Waals surface area contributed by atoms with Gasteiger partial charge in [-0.3, -0.25) is 0 Å². The van der Waals surface area contributed by atoms with Crippen molar-refractivity contribution in [3.63, 3.8) is 0 Å². The second kappa shape index (κ2) is 3.04. The largest absolute Gasteiger partial charge is 0.560 e. The van der Waals surface area contributed by atoms with Crippen LogP contribution in [0, 0.1) is 6.92 Å². The summed E-state index contributed by atoms with van der Waals surface area (Å²) in [5, 5.41) is 0.579. The lowest BCUT2D eigenvalue weighted by atomic mass is 9.78. The Balaban J connectivity index is 2.09. The molecule has 1 aromatic carbocycles. The molecular weight excluding hydrogens is 183 g/mol. The first kappa shape index (κ1) is 10.6. The van der Waals surface area contributed by atoms with Crippen molar-refractivity contribution < 1.29 is 4.65 Å². The van der Waals surface area contributed by atoms with Crippen molar-refractivity contribution in [2.45, 2.75) is 45.2 Å². The van der Waals surface area contributed by atoms with Crippen molar-refractivity contribution in [1.29, 1.82) is 0 Å². The molecule has 0 spiro atoms. The molecule has 0 N–H and O–H groups in total. The molecule has 1 aromatic rings. The van der Waals surface area contributed by atoms with Gasteiger partial charge >= 0.3 is 6.92 Å². The summed E-state index contributed by atoms with van der Waals surface area (Å²) >= 11 is 0. The lowest BCUT2D eigenvalue weighted by Crippen LogP contribution is -2.09. The SMILES string of the molecule is Cc1ccc(OB2C(C)(C)C2(C)C)cc1. The van der Waals surface area contributed by atoms with Gasteiger partial charge in [-0.05, 0) is 29.7 Å². The highest BCUT2D eigenvalue weighted by atomic mass is 16.4. The van der Waals surface area contributed by atoms with E-state index >= 15 is 0 Å². The number of aryl methyl sites for hydroxylation is 1. The maximum atomic E-state index is 6.01. The third-order valence-electron chi connectivity index (χ3n) is 4.16. The van der Waals surface area contributed by atoms with E-state index in [1.807, 2.05) is 0 Å². The Morgan fingerprint density at radius 1 is 0.933 bits per heavy atom. The van der Waals surface area contributed by atoms with E-state index in [1.54, 1.807) is 0 Å². The van der Waals surface area contributed by atoms with Crippen LogP contribution in [0.15, 0.2) is 24.3 Å². The Bertz CT molecular complexity index is 351. The molecule has 15 heavy (non-hydrogen) atoms. The molecule has 80 valence electrons. The molecule has 1 saturated heterocycles. The van der Waals surface area contributed by atoms with Crippen LogP contribution in [0.1, 0.15) is 33.3 Å². The summed E-state index contributed by atoms with van der Waals surface area (Å²) in [6.45, 7) is 11.5. The number of hydrogen-bond donors (Lipinski definition) is 0. The van der Waals surface area contributed by atoms with E-state index in [1.165, 1.54) is 5.56 Å². The van der Waals surface area contributed by atoms with E-state index in [-0.39, 0.29) is 10.6 Å². The van der Waals surface area contributed by atoms with Crippen LogP contribution >= 0.6 is 0 Å². The quantitative estimate of drug-likeness (QED) is 0.660. The van der Waals surface area contributed by atoms with Gasteiger partial charge in [-0.25, -0.2) is 0 Å². The average molecular weight is 202 g/mol. The normalized spacial score (nSPS) is 21.3. The van der Waals surface area contributed by atoms with Gasteiger partial charge in [-0.1, -0.05) is 45.4 Å². The zero-order valence-corrected chi connectivity index (χ0v) is 10.3. The van der Waals surface area contributed by atoms with Gasteiger partial charge in [-0.2, -0.15) is 0 Å². The van der Waals surface area contributed by atoms with Gasteiger partial charge in [0.05, 0.1) is 5.75 Å². The minimum Gasteiger partial charge on any atom is -0.560 e. The third kappa shape index (κ3) is 1.56. The van der Waals surface area contributed by atoms with E-state index in [0.717, 1.165) is 5.75 Å². The smallest absolute Gasteiger partial charge is 0.369 e. The number of benzene rings is 1. The Morgan fingerprint density at radius 3 is 1.80 bits per heavy atom. The molecule has 1 nitrogen and oxygen atoms in total. The fourth-order valence-corrected chi connectivity index (χ4v) is 2.18. The summed E-state index contributed by atoms with van der Waals surface area (Å²) < 4.78 is 6.01. The molecule has 0 unspecified atom stereocenters. The van der Waals surface area contributed by atoms with Crippen molar-refractivity contribution in [3.05, 3.63) is 29.8 Å². The van der Waals surface area contributed by atoms with Crippen LogP contribution in [-0.4, -0.2) is 6.92 Å².